The predicted octanol–water partition coefficient (Wildman–Crippen LogP) is 5.68. The van der Waals surface area contributed by atoms with Gasteiger partial charge in [0.25, 0.3) is 0 Å². The molecule has 1 radical (unpaired) electrons. The lowest BCUT2D eigenvalue weighted by Gasteiger charge is -2.43. The third-order valence-electron chi connectivity index (χ3n) is 2.97. The van der Waals surface area contributed by atoms with Gasteiger partial charge in [0.1, 0.15) is 0 Å². The summed E-state index contributed by atoms with van der Waals surface area (Å²) in [4.78, 5) is 0. The number of rotatable bonds is 12. The van der Waals surface area contributed by atoms with Crippen LogP contribution in [0.3, 0.4) is 0 Å². The molecular weight excluding hydrogens is 473 g/mol. The maximum absolute atomic E-state index is 6.55. The Hall–Kier alpha value is 1.28. The average Bonchev–Trinajstić information content (AvgIpc) is 2.12. The SMILES string of the molecule is C[Si](C)O[Si](C)(C)O[Si](C)(C)O[Si](C)(C)O[Si](C)(C)O[Si](C)(C)O[Si](C)(C)C. The second-order valence-electron chi connectivity index (χ2n) is 10.6. The van der Waals surface area contributed by atoms with Gasteiger partial charge >= 0.3 is 42.8 Å². The van der Waals surface area contributed by atoms with Crippen LogP contribution in [0.5, 0.6) is 0 Å². The van der Waals surface area contributed by atoms with Crippen LogP contribution in [0.15, 0.2) is 0 Å². The van der Waals surface area contributed by atoms with E-state index in [0.717, 1.165) is 0 Å². The fourth-order valence-corrected chi connectivity index (χ4v) is 35.2. The summed E-state index contributed by atoms with van der Waals surface area (Å²) in [6.45, 7) is 31.8. The Balaban J connectivity index is 5.09. The minimum atomic E-state index is -2.45. The highest BCUT2D eigenvalue weighted by Gasteiger charge is 2.47. The van der Waals surface area contributed by atoms with Crippen molar-refractivity contribution in [2.75, 3.05) is 0 Å². The van der Waals surface area contributed by atoms with Crippen LogP contribution in [0, 0.1) is 0 Å². The minimum Gasteiger partial charge on any atom is -0.437 e. The highest BCUT2D eigenvalue weighted by Crippen LogP contribution is 2.27. The largest absolute Gasteiger partial charge is 0.437 e. The third-order valence-corrected chi connectivity index (χ3v) is 26.7. The van der Waals surface area contributed by atoms with Crippen molar-refractivity contribution >= 4 is 60.2 Å². The van der Waals surface area contributed by atoms with Crippen molar-refractivity contribution in [3.63, 3.8) is 0 Å². The summed E-state index contributed by atoms with van der Waals surface area (Å²) in [5, 5.41) is 0. The fourth-order valence-electron chi connectivity index (χ4n) is 3.70. The summed E-state index contributed by atoms with van der Waals surface area (Å²) in [5.41, 5.74) is 0. The van der Waals surface area contributed by atoms with E-state index in [-0.39, 0.29) is 0 Å². The molecule has 13 heteroatoms. The molecule has 0 amide bonds. The minimum absolute atomic E-state index is 0.805. The molecule has 0 aliphatic heterocycles. The van der Waals surface area contributed by atoms with Crippen LogP contribution in [0.25, 0.3) is 0 Å². The van der Waals surface area contributed by atoms with Crippen LogP contribution < -0.4 is 0 Å². The Kier molecular flexibility index (Phi) is 10.3. The Morgan fingerprint density at radius 3 is 0.893 bits per heavy atom. The van der Waals surface area contributed by atoms with E-state index in [1.807, 2.05) is 0 Å². The fraction of sp³-hybridized carbons (Fsp3) is 1.00. The first-order valence-electron chi connectivity index (χ1n) is 9.95. The molecule has 0 spiro atoms. The van der Waals surface area contributed by atoms with E-state index >= 15 is 0 Å². The molecule has 0 aliphatic carbocycles. The van der Waals surface area contributed by atoms with Crippen molar-refractivity contribution in [2.45, 2.75) is 98.2 Å². The summed E-state index contributed by atoms with van der Waals surface area (Å²) in [6, 6.07) is 0. The summed E-state index contributed by atoms with van der Waals surface area (Å²) in [6.07, 6.45) is 0. The Bertz CT molecular complexity index is 504. The summed E-state index contributed by atoms with van der Waals surface area (Å²) >= 11 is 0. The first-order chi connectivity index (χ1) is 12.0. The first-order valence-corrected chi connectivity index (χ1v) is 29.8. The van der Waals surface area contributed by atoms with Gasteiger partial charge in [-0.3, -0.25) is 0 Å². The van der Waals surface area contributed by atoms with Gasteiger partial charge in [0.2, 0.25) is 0 Å². The van der Waals surface area contributed by atoms with E-state index in [1.54, 1.807) is 0 Å². The van der Waals surface area contributed by atoms with Crippen LogP contribution in [0.2, 0.25) is 98.2 Å². The van der Waals surface area contributed by atoms with E-state index in [4.69, 9.17) is 24.7 Å². The zero-order valence-corrected chi connectivity index (χ0v) is 27.9. The molecule has 0 rings (SSSR count). The van der Waals surface area contributed by atoms with Crippen molar-refractivity contribution in [1.82, 2.24) is 0 Å². The molecule has 0 aromatic rings. The lowest BCUT2D eigenvalue weighted by atomic mass is 11.8. The Morgan fingerprint density at radius 2 is 0.643 bits per heavy atom. The van der Waals surface area contributed by atoms with Gasteiger partial charge in [0.15, 0.2) is 17.4 Å². The highest BCUT2D eigenvalue weighted by atomic mass is 28.5. The predicted molar refractivity (Wildman–Crippen MR) is 135 cm³/mol. The molecule has 6 nitrogen and oxygen atoms in total. The van der Waals surface area contributed by atoms with E-state index in [9.17, 15) is 0 Å². The van der Waals surface area contributed by atoms with Gasteiger partial charge in [-0.15, -0.1) is 0 Å². The summed E-state index contributed by atoms with van der Waals surface area (Å²) in [5.74, 6) is 0. The lowest BCUT2D eigenvalue weighted by molar-refractivity contribution is 0.273. The van der Waals surface area contributed by atoms with Crippen molar-refractivity contribution in [2.24, 2.45) is 0 Å². The van der Waals surface area contributed by atoms with Gasteiger partial charge in [0.05, 0.1) is 0 Å². The molecule has 0 aromatic heterocycles. The van der Waals surface area contributed by atoms with Crippen molar-refractivity contribution in [3.05, 3.63) is 0 Å². The molecule has 0 saturated heterocycles. The quantitative estimate of drug-likeness (QED) is 0.310. The molecule has 0 aromatic carbocycles. The average molecular weight is 518 g/mol. The summed E-state index contributed by atoms with van der Waals surface area (Å²) in [7, 11) is -14.2. The normalized spacial score (nSPS) is 15.4. The van der Waals surface area contributed by atoms with Crippen molar-refractivity contribution in [1.29, 1.82) is 0 Å². The van der Waals surface area contributed by atoms with E-state index in [0.29, 0.717) is 0 Å². The maximum atomic E-state index is 6.55. The molecule has 0 unspecified atom stereocenters. The van der Waals surface area contributed by atoms with Gasteiger partial charge in [-0.05, 0) is 98.2 Å². The topological polar surface area (TPSA) is 55.4 Å². The van der Waals surface area contributed by atoms with Crippen LogP contribution in [-0.4, -0.2) is 60.2 Å². The Labute approximate surface area is 182 Å². The van der Waals surface area contributed by atoms with Gasteiger partial charge in [-0.2, -0.15) is 0 Å². The highest BCUT2D eigenvalue weighted by molar-refractivity contribution is 6.91. The standard InChI is InChI=1S/C15H45O6Si7/c1-22(2)16-24(6,7)18-26(10,11)20-28(14,15)21-27(12,13)19-25(8,9)17-23(3,4)5/h1-15H3. The van der Waals surface area contributed by atoms with Crippen LogP contribution in [-0.2, 0) is 24.7 Å². The zero-order valence-electron chi connectivity index (χ0n) is 20.9. The second kappa shape index (κ2) is 9.82. The maximum Gasteiger partial charge on any atom is 0.314 e. The van der Waals surface area contributed by atoms with Crippen LogP contribution >= 0.6 is 0 Å². The van der Waals surface area contributed by atoms with Crippen molar-refractivity contribution < 1.29 is 24.7 Å². The van der Waals surface area contributed by atoms with E-state index in [2.05, 4.69) is 98.2 Å². The zero-order chi connectivity index (χ0) is 22.8. The first kappa shape index (κ1) is 29.3. The van der Waals surface area contributed by atoms with Crippen LogP contribution in [0.4, 0.5) is 0 Å². The van der Waals surface area contributed by atoms with Gasteiger partial charge in [-0.1, -0.05) is 0 Å². The van der Waals surface area contributed by atoms with Gasteiger partial charge in [0, 0.05) is 0 Å². The smallest absolute Gasteiger partial charge is 0.314 e. The molecule has 169 valence electrons. The third kappa shape index (κ3) is 14.3. The molecule has 0 saturated carbocycles. The Morgan fingerprint density at radius 1 is 0.393 bits per heavy atom. The molecule has 0 aliphatic rings. The van der Waals surface area contributed by atoms with Crippen LogP contribution in [0.1, 0.15) is 0 Å². The molecule has 0 atom stereocenters. The molecular formula is C15H45O6Si7. The van der Waals surface area contributed by atoms with Gasteiger partial charge in [-0.25, -0.2) is 0 Å². The number of hydrogen-bond donors (Lipinski definition) is 0. The van der Waals surface area contributed by atoms with E-state index in [1.165, 1.54) is 0 Å². The van der Waals surface area contributed by atoms with Gasteiger partial charge < -0.3 is 24.7 Å². The molecule has 28 heavy (non-hydrogen) atoms. The molecule has 0 heterocycles. The van der Waals surface area contributed by atoms with E-state index < -0.39 is 60.2 Å². The number of hydrogen-bond acceptors (Lipinski definition) is 6. The van der Waals surface area contributed by atoms with Crippen molar-refractivity contribution in [3.8, 4) is 0 Å². The second-order valence-corrected chi connectivity index (χ2v) is 35.6. The monoisotopic (exact) mass is 517 g/mol. The molecule has 0 N–H and O–H groups in total. The molecule has 0 bridgehead atoms. The lowest BCUT2D eigenvalue weighted by Crippen LogP contribution is -2.60. The molecule has 0 fully saturated rings. The summed E-state index contributed by atoms with van der Waals surface area (Å²) < 4.78 is 38.5.